The van der Waals surface area contributed by atoms with Crippen molar-refractivity contribution in [1.82, 2.24) is 4.90 Å². The molecule has 26 heavy (non-hydrogen) atoms. The first-order valence-corrected chi connectivity index (χ1v) is 8.61. The van der Waals surface area contributed by atoms with Crippen molar-refractivity contribution >= 4 is 17.5 Å². The van der Waals surface area contributed by atoms with Gasteiger partial charge in [0.1, 0.15) is 0 Å². The maximum atomic E-state index is 12.5. The van der Waals surface area contributed by atoms with Crippen LogP contribution in [0.3, 0.4) is 0 Å². The Hall–Kier alpha value is -2.86. The van der Waals surface area contributed by atoms with Gasteiger partial charge in [0.25, 0.3) is 5.91 Å². The van der Waals surface area contributed by atoms with Gasteiger partial charge in [-0.05, 0) is 42.0 Å². The highest BCUT2D eigenvalue weighted by atomic mass is 16.5. The quantitative estimate of drug-likeness (QED) is 0.891. The van der Waals surface area contributed by atoms with E-state index in [-0.39, 0.29) is 5.91 Å². The molecule has 2 N–H and O–H groups in total. The number of amides is 2. The average molecular weight is 353 g/mol. The first-order valence-electron chi connectivity index (χ1n) is 8.61. The molecule has 0 unspecified atom stereocenters. The lowest BCUT2D eigenvalue weighted by molar-refractivity contribution is 0.0784. The molecule has 0 radical (unpaired) electrons. The lowest BCUT2D eigenvalue weighted by Gasteiger charge is -2.29. The van der Waals surface area contributed by atoms with Crippen LogP contribution in [0, 0.1) is 0 Å². The summed E-state index contributed by atoms with van der Waals surface area (Å²) in [5, 5.41) is 0. The van der Waals surface area contributed by atoms with Gasteiger partial charge >= 0.3 is 0 Å². The molecule has 0 atom stereocenters. The van der Waals surface area contributed by atoms with Crippen molar-refractivity contribution in [1.29, 1.82) is 0 Å². The third-order valence-electron chi connectivity index (χ3n) is 4.50. The molecule has 0 spiro atoms. The Balaban J connectivity index is 1.62. The van der Waals surface area contributed by atoms with E-state index in [1.807, 2.05) is 12.1 Å². The van der Waals surface area contributed by atoms with Crippen molar-refractivity contribution in [3.63, 3.8) is 0 Å². The van der Waals surface area contributed by atoms with Crippen LogP contribution in [0.15, 0.2) is 48.5 Å². The zero-order valence-corrected chi connectivity index (χ0v) is 14.9. The standard InChI is InChI=1S/C20H23N3O3/c1-22(20(25)17-6-4-16(5-7-17)19(21)24)14-15-2-8-18(9-3-15)23-10-12-26-13-11-23/h2-9H,10-14H2,1H3,(H2,21,24). The number of carbonyl (C=O) groups excluding carboxylic acids is 2. The average Bonchev–Trinajstić information content (AvgIpc) is 2.68. The van der Waals surface area contributed by atoms with Gasteiger partial charge in [-0.2, -0.15) is 0 Å². The molecule has 2 aromatic carbocycles. The van der Waals surface area contributed by atoms with Gasteiger partial charge < -0.3 is 20.3 Å². The highest BCUT2D eigenvalue weighted by Crippen LogP contribution is 2.18. The predicted molar refractivity (Wildman–Crippen MR) is 100 cm³/mol. The summed E-state index contributed by atoms with van der Waals surface area (Å²) >= 11 is 0. The third-order valence-corrected chi connectivity index (χ3v) is 4.50. The van der Waals surface area contributed by atoms with Crippen molar-refractivity contribution < 1.29 is 14.3 Å². The lowest BCUT2D eigenvalue weighted by Crippen LogP contribution is -2.36. The van der Waals surface area contributed by atoms with Gasteiger partial charge in [0.15, 0.2) is 0 Å². The van der Waals surface area contributed by atoms with Gasteiger partial charge in [-0.3, -0.25) is 9.59 Å². The molecule has 0 aromatic heterocycles. The Bertz CT molecular complexity index is 766. The van der Waals surface area contributed by atoms with Gasteiger partial charge in [-0.15, -0.1) is 0 Å². The molecule has 3 rings (SSSR count). The summed E-state index contributed by atoms with van der Waals surface area (Å²) in [6.07, 6.45) is 0. The number of benzene rings is 2. The highest BCUT2D eigenvalue weighted by Gasteiger charge is 2.14. The van der Waals surface area contributed by atoms with Crippen LogP contribution in [0.2, 0.25) is 0 Å². The Kier molecular flexibility index (Phi) is 5.53. The second-order valence-corrected chi connectivity index (χ2v) is 6.37. The molecule has 0 bridgehead atoms. The summed E-state index contributed by atoms with van der Waals surface area (Å²) in [6, 6.07) is 14.7. The van der Waals surface area contributed by atoms with Crippen molar-refractivity contribution in [2.75, 3.05) is 38.3 Å². The van der Waals surface area contributed by atoms with Crippen LogP contribution < -0.4 is 10.6 Å². The number of morpholine rings is 1. The summed E-state index contributed by atoms with van der Waals surface area (Å²) in [7, 11) is 1.76. The van der Waals surface area contributed by atoms with E-state index in [9.17, 15) is 9.59 Å². The van der Waals surface area contributed by atoms with Crippen LogP contribution in [0.4, 0.5) is 5.69 Å². The highest BCUT2D eigenvalue weighted by molar-refractivity contribution is 5.97. The number of carbonyl (C=O) groups is 2. The molecule has 2 amide bonds. The molecule has 6 nitrogen and oxygen atoms in total. The number of rotatable bonds is 5. The van der Waals surface area contributed by atoms with Gasteiger partial charge in [0, 0.05) is 43.5 Å². The SMILES string of the molecule is CN(Cc1ccc(N2CCOCC2)cc1)C(=O)c1ccc(C(N)=O)cc1. The summed E-state index contributed by atoms with van der Waals surface area (Å²) < 4.78 is 5.37. The Morgan fingerprint density at radius 3 is 2.15 bits per heavy atom. The van der Waals surface area contributed by atoms with Crippen molar-refractivity contribution in [3.05, 3.63) is 65.2 Å². The molecule has 1 fully saturated rings. The van der Waals surface area contributed by atoms with E-state index in [1.54, 1.807) is 36.2 Å². The van der Waals surface area contributed by atoms with Crippen LogP contribution in [0.1, 0.15) is 26.3 Å². The van der Waals surface area contributed by atoms with Crippen LogP contribution in [-0.4, -0.2) is 50.1 Å². The molecule has 136 valence electrons. The minimum Gasteiger partial charge on any atom is -0.378 e. The maximum Gasteiger partial charge on any atom is 0.253 e. The molecule has 1 aliphatic heterocycles. The summed E-state index contributed by atoms with van der Waals surface area (Å²) in [5.74, 6) is -0.601. The number of nitrogens with zero attached hydrogens (tertiary/aromatic N) is 2. The van der Waals surface area contributed by atoms with Crippen molar-refractivity contribution in [2.45, 2.75) is 6.54 Å². The third kappa shape index (κ3) is 4.21. The number of hydrogen-bond donors (Lipinski definition) is 1. The minimum atomic E-state index is -0.502. The summed E-state index contributed by atoms with van der Waals surface area (Å²) in [4.78, 5) is 27.6. The first-order chi connectivity index (χ1) is 12.5. The van der Waals surface area contributed by atoms with Crippen LogP contribution >= 0.6 is 0 Å². The zero-order chi connectivity index (χ0) is 18.5. The van der Waals surface area contributed by atoms with E-state index in [0.29, 0.717) is 17.7 Å². The topological polar surface area (TPSA) is 75.9 Å². The second-order valence-electron chi connectivity index (χ2n) is 6.37. The molecule has 1 heterocycles. The number of primary amides is 1. The van der Waals surface area contributed by atoms with Crippen LogP contribution in [0.25, 0.3) is 0 Å². The lowest BCUT2D eigenvalue weighted by atomic mass is 10.1. The Morgan fingerprint density at radius 1 is 1.00 bits per heavy atom. The van der Waals surface area contributed by atoms with Gasteiger partial charge in [-0.1, -0.05) is 12.1 Å². The van der Waals surface area contributed by atoms with E-state index < -0.39 is 5.91 Å². The molecular weight excluding hydrogens is 330 g/mol. The largest absolute Gasteiger partial charge is 0.378 e. The van der Waals surface area contributed by atoms with E-state index in [2.05, 4.69) is 17.0 Å². The smallest absolute Gasteiger partial charge is 0.253 e. The molecular formula is C20H23N3O3. The van der Waals surface area contributed by atoms with E-state index in [1.165, 1.54) is 5.69 Å². The first kappa shape index (κ1) is 17.9. The molecule has 0 saturated carbocycles. The van der Waals surface area contributed by atoms with Gasteiger partial charge in [0.2, 0.25) is 5.91 Å². The molecule has 1 saturated heterocycles. The van der Waals surface area contributed by atoms with Gasteiger partial charge in [-0.25, -0.2) is 0 Å². The fourth-order valence-electron chi connectivity index (χ4n) is 2.98. The Labute approximate surface area is 153 Å². The number of anilines is 1. The summed E-state index contributed by atoms with van der Waals surface area (Å²) in [6.45, 7) is 3.83. The van der Waals surface area contributed by atoms with Crippen molar-refractivity contribution in [3.8, 4) is 0 Å². The number of nitrogens with two attached hydrogens (primary N) is 1. The molecule has 2 aromatic rings. The van der Waals surface area contributed by atoms with Gasteiger partial charge in [0.05, 0.1) is 13.2 Å². The monoisotopic (exact) mass is 353 g/mol. The second kappa shape index (κ2) is 8.01. The van der Waals surface area contributed by atoms with Crippen LogP contribution in [-0.2, 0) is 11.3 Å². The number of ether oxygens (including phenoxy) is 1. The maximum absolute atomic E-state index is 12.5. The molecule has 0 aliphatic carbocycles. The van der Waals surface area contributed by atoms with Crippen molar-refractivity contribution in [2.24, 2.45) is 5.73 Å². The summed E-state index contributed by atoms with van der Waals surface area (Å²) in [5.41, 5.74) is 8.38. The molecule has 6 heteroatoms. The fraction of sp³-hybridized carbons (Fsp3) is 0.300. The molecule has 1 aliphatic rings. The normalized spacial score (nSPS) is 14.1. The fourth-order valence-corrected chi connectivity index (χ4v) is 2.98. The Morgan fingerprint density at radius 2 is 1.58 bits per heavy atom. The van der Waals surface area contributed by atoms with E-state index >= 15 is 0 Å². The number of hydrogen-bond acceptors (Lipinski definition) is 4. The van der Waals surface area contributed by atoms with Crippen LogP contribution in [0.5, 0.6) is 0 Å². The van der Waals surface area contributed by atoms with E-state index in [4.69, 9.17) is 10.5 Å². The predicted octanol–water partition coefficient (Wildman–Crippen LogP) is 1.89. The minimum absolute atomic E-state index is 0.0988. The zero-order valence-electron chi connectivity index (χ0n) is 14.9. The van der Waals surface area contributed by atoms with E-state index in [0.717, 1.165) is 31.9 Å².